The van der Waals surface area contributed by atoms with E-state index < -0.39 is 0 Å². The molecule has 0 fully saturated rings. The number of hydrogen-bond acceptors (Lipinski definition) is 4. The Morgan fingerprint density at radius 2 is 2.21 bits per heavy atom. The predicted octanol–water partition coefficient (Wildman–Crippen LogP) is 3.65. The Bertz CT molecular complexity index is 1030. The van der Waals surface area contributed by atoms with E-state index in [-0.39, 0.29) is 12.0 Å². The van der Waals surface area contributed by atoms with Gasteiger partial charge in [0.1, 0.15) is 23.2 Å². The van der Waals surface area contributed by atoms with E-state index in [9.17, 15) is 4.79 Å². The number of fused-ring (bicyclic) bond motifs is 2. The monoisotopic (exact) mass is 393 g/mol. The van der Waals surface area contributed by atoms with Crippen LogP contribution in [0.2, 0.25) is 0 Å². The number of carbonyl (C=O) groups excluding carboxylic acids is 1. The molecule has 152 valence electrons. The number of benzene rings is 1. The molecule has 0 N–H and O–H groups in total. The van der Waals surface area contributed by atoms with Gasteiger partial charge in [-0.2, -0.15) is 0 Å². The molecule has 1 amide bonds. The first-order chi connectivity index (χ1) is 14.0. The Morgan fingerprint density at radius 1 is 1.34 bits per heavy atom. The van der Waals surface area contributed by atoms with Crippen LogP contribution >= 0.6 is 0 Å². The van der Waals surface area contributed by atoms with Gasteiger partial charge in [-0.1, -0.05) is 12.1 Å². The van der Waals surface area contributed by atoms with Crippen LogP contribution in [0.5, 0.6) is 5.75 Å². The molecule has 6 heteroatoms. The van der Waals surface area contributed by atoms with Crippen LogP contribution in [0.4, 0.5) is 0 Å². The highest BCUT2D eigenvalue weighted by Crippen LogP contribution is 2.29. The van der Waals surface area contributed by atoms with Crippen LogP contribution in [0.25, 0.3) is 5.65 Å². The van der Waals surface area contributed by atoms with Gasteiger partial charge in [0.2, 0.25) is 0 Å². The molecule has 1 aromatic carbocycles. The van der Waals surface area contributed by atoms with Gasteiger partial charge < -0.3 is 18.8 Å². The quantitative estimate of drug-likeness (QED) is 0.575. The zero-order chi connectivity index (χ0) is 20.4. The summed E-state index contributed by atoms with van der Waals surface area (Å²) in [5.74, 6) is 0.891. The standard InChI is InChI=1S/C23H27N3O3/c1-16-7-9-25-15-20(24-22(25)11-16)23(27)26(8-4-10-28-3)14-18-5-6-21-19(13-18)12-17(2)29-21/h5-7,9,11,13,15,17H,4,8,10,12,14H2,1-3H3/t17-/m1/s1. The van der Waals surface area contributed by atoms with Gasteiger partial charge in [0.25, 0.3) is 5.91 Å². The third kappa shape index (κ3) is 4.27. The van der Waals surface area contributed by atoms with Crippen LogP contribution in [0.15, 0.2) is 42.7 Å². The summed E-state index contributed by atoms with van der Waals surface area (Å²) in [6.07, 6.45) is 5.64. The second-order valence-corrected chi connectivity index (χ2v) is 7.74. The fourth-order valence-electron chi connectivity index (χ4n) is 3.80. The number of carbonyl (C=O) groups is 1. The molecule has 0 spiro atoms. The SMILES string of the molecule is COCCCN(Cc1ccc2c(c1)C[C@@H](C)O2)C(=O)c1cn2ccc(C)cc2n1. The minimum absolute atomic E-state index is 0.0624. The lowest BCUT2D eigenvalue weighted by Gasteiger charge is -2.22. The molecule has 0 saturated carbocycles. The second-order valence-electron chi connectivity index (χ2n) is 7.74. The van der Waals surface area contributed by atoms with Crippen molar-refractivity contribution < 1.29 is 14.3 Å². The topological polar surface area (TPSA) is 56.1 Å². The summed E-state index contributed by atoms with van der Waals surface area (Å²) in [5, 5.41) is 0. The molecule has 1 atom stereocenters. The summed E-state index contributed by atoms with van der Waals surface area (Å²) in [5.41, 5.74) is 4.68. The number of rotatable bonds is 7. The molecule has 2 aromatic heterocycles. The van der Waals surface area contributed by atoms with E-state index in [2.05, 4.69) is 18.0 Å². The summed E-state index contributed by atoms with van der Waals surface area (Å²) in [7, 11) is 1.68. The van der Waals surface area contributed by atoms with E-state index in [0.29, 0.717) is 25.4 Å². The Morgan fingerprint density at radius 3 is 3.03 bits per heavy atom. The molecule has 6 nitrogen and oxygen atoms in total. The molecule has 1 aliphatic heterocycles. The van der Waals surface area contributed by atoms with Crippen molar-refractivity contribution >= 4 is 11.6 Å². The van der Waals surface area contributed by atoms with Crippen molar-refractivity contribution in [3.05, 3.63) is 65.1 Å². The molecular weight excluding hydrogens is 366 g/mol. The lowest BCUT2D eigenvalue weighted by Crippen LogP contribution is -2.32. The zero-order valence-corrected chi connectivity index (χ0v) is 17.2. The average molecular weight is 393 g/mol. The highest BCUT2D eigenvalue weighted by Gasteiger charge is 2.22. The summed E-state index contributed by atoms with van der Waals surface area (Å²) < 4.78 is 12.9. The van der Waals surface area contributed by atoms with Gasteiger partial charge in [0.15, 0.2) is 0 Å². The third-order valence-corrected chi connectivity index (χ3v) is 5.23. The number of nitrogens with zero attached hydrogens (tertiary/aromatic N) is 3. The van der Waals surface area contributed by atoms with E-state index in [1.807, 2.05) is 46.7 Å². The van der Waals surface area contributed by atoms with Crippen molar-refractivity contribution in [2.45, 2.75) is 39.3 Å². The van der Waals surface area contributed by atoms with Crippen molar-refractivity contribution in [1.82, 2.24) is 14.3 Å². The Labute approximate surface area is 171 Å². The van der Waals surface area contributed by atoms with Crippen LogP contribution in [0, 0.1) is 6.92 Å². The first-order valence-corrected chi connectivity index (χ1v) is 10.1. The van der Waals surface area contributed by atoms with E-state index in [0.717, 1.165) is 35.4 Å². The van der Waals surface area contributed by atoms with E-state index in [1.165, 1.54) is 5.56 Å². The fourth-order valence-corrected chi connectivity index (χ4v) is 3.80. The number of pyridine rings is 1. The summed E-state index contributed by atoms with van der Waals surface area (Å²) in [6.45, 7) is 5.86. The molecule has 0 radical (unpaired) electrons. The highest BCUT2D eigenvalue weighted by molar-refractivity contribution is 5.93. The third-order valence-electron chi connectivity index (χ3n) is 5.23. The van der Waals surface area contributed by atoms with Gasteiger partial charge in [-0.3, -0.25) is 4.79 Å². The molecule has 1 aliphatic rings. The number of imidazole rings is 1. The summed E-state index contributed by atoms with van der Waals surface area (Å²) >= 11 is 0. The minimum Gasteiger partial charge on any atom is -0.490 e. The van der Waals surface area contributed by atoms with Crippen LogP contribution in [0.3, 0.4) is 0 Å². The number of ether oxygens (including phenoxy) is 2. The largest absolute Gasteiger partial charge is 0.490 e. The Kier molecular flexibility index (Phi) is 5.53. The van der Waals surface area contributed by atoms with E-state index in [1.54, 1.807) is 13.3 Å². The number of aromatic nitrogens is 2. The number of methoxy groups -OCH3 is 1. The van der Waals surface area contributed by atoms with Crippen LogP contribution < -0.4 is 4.74 Å². The zero-order valence-electron chi connectivity index (χ0n) is 17.2. The predicted molar refractivity (Wildman–Crippen MR) is 111 cm³/mol. The van der Waals surface area contributed by atoms with E-state index >= 15 is 0 Å². The maximum absolute atomic E-state index is 13.3. The van der Waals surface area contributed by atoms with Gasteiger partial charge in [-0.25, -0.2) is 4.98 Å². The first-order valence-electron chi connectivity index (χ1n) is 10.1. The maximum atomic E-state index is 13.3. The molecule has 3 heterocycles. The first kappa shape index (κ1) is 19.5. The molecule has 0 bridgehead atoms. The normalized spacial score (nSPS) is 15.3. The van der Waals surface area contributed by atoms with E-state index in [4.69, 9.17) is 9.47 Å². The lowest BCUT2D eigenvalue weighted by molar-refractivity contribution is 0.0718. The van der Waals surface area contributed by atoms with Crippen LogP contribution in [-0.4, -0.2) is 46.6 Å². The van der Waals surface area contributed by atoms with Crippen molar-refractivity contribution in [3.63, 3.8) is 0 Å². The smallest absolute Gasteiger partial charge is 0.274 e. The maximum Gasteiger partial charge on any atom is 0.274 e. The van der Waals surface area contributed by atoms with Crippen molar-refractivity contribution in [3.8, 4) is 5.75 Å². The Balaban J connectivity index is 1.57. The van der Waals surface area contributed by atoms with Crippen molar-refractivity contribution in [2.75, 3.05) is 20.3 Å². The minimum atomic E-state index is -0.0624. The average Bonchev–Trinajstić information content (AvgIpc) is 3.28. The highest BCUT2D eigenvalue weighted by atomic mass is 16.5. The molecule has 0 saturated heterocycles. The summed E-state index contributed by atoms with van der Waals surface area (Å²) in [4.78, 5) is 19.7. The number of amides is 1. The molecule has 0 unspecified atom stereocenters. The van der Waals surface area contributed by atoms with Crippen molar-refractivity contribution in [1.29, 1.82) is 0 Å². The fraction of sp³-hybridized carbons (Fsp3) is 0.391. The van der Waals surface area contributed by atoms with Gasteiger partial charge in [-0.15, -0.1) is 0 Å². The van der Waals surface area contributed by atoms with Crippen LogP contribution in [0.1, 0.15) is 40.5 Å². The van der Waals surface area contributed by atoms with Gasteiger partial charge in [0, 0.05) is 45.6 Å². The van der Waals surface area contributed by atoms with Crippen molar-refractivity contribution in [2.24, 2.45) is 0 Å². The molecule has 3 aromatic rings. The number of aryl methyl sites for hydroxylation is 1. The Hall–Kier alpha value is -2.86. The second kappa shape index (κ2) is 8.25. The molecule has 29 heavy (non-hydrogen) atoms. The summed E-state index contributed by atoms with van der Waals surface area (Å²) in [6, 6.07) is 10.2. The molecule has 4 rings (SSSR count). The van der Waals surface area contributed by atoms with Gasteiger partial charge in [-0.05, 0) is 55.2 Å². The van der Waals surface area contributed by atoms with Gasteiger partial charge >= 0.3 is 0 Å². The van der Waals surface area contributed by atoms with Gasteiger partial charge in [0.05, 0.1) is 0 Å². The van der Waals surface area contributed by atoms with Crippen LogP contribution in [-0.2, 0) is 17.7 Å². The molecule has 0 aliphatic carbocycles. The lowest BCUT2D eigenvalue weighted by atomic mass is 10.1. The number of hydrogen-bond donors (Lipinski definition) is 0. The molecular formula is C23H27N3O3.